The van der Waals surface area contributed by atoms with Gasteiger partial charge in [0, 0.05) is 6.42 Å². The van der Waals surface area contributed by atoms with E-state index in [2.05, 4.69) is 5.32 Å². The third-order valence-electron chi connectivity index (χ3n) is 3.32. The van der Waals surface area contributed by atoms with E-state index in [0.717, 1.165) is 0 Å². The average molecular weight is 370 g/mol. The van der Waals surface area contributed by atoms with Crippen molar-refractivity contribution in [1.29, 1.82) is 0 Å². The first-order valence-corrected chi connectivity index (χ1v) is 9.43. The number of rotatable bonds is 10. The van der Waals surface area contributed by atoms with Crippen LogP contribution in [-0.2, 0) is 29.0 Å². The lowest BCUT2D eigenvalue weighted by Gasteiger charge is -2.15. The number of primary amides is 1. The summed E-state index contributed by atoms with van der Waals surface area (Å²) in [4.78, 5) is 34.6. The van der Waals surface area contributed by atoms with E-state index in [1.807, 2.05) is 0 Å². The molecular weight excluding hydrogens is 348 g/mol. The average Bonchev–Trinajstić information content (AvgIpc) is 2.57. The summed E-state index contributed by atoms with van der Waals surface area (Å²) in [6.07, 6.45) is -0.459. The van der Waals surface area contributed by atoms with E-state index in [9.17, 15) is 22.8 Å². The van der Waals surface area contributed by atoms with Gasteiger partial charge in [0.05, 0.1) is 23.7 Å². The molecule has 1 aromatic carbocycles. The molecule has 0 aliphatic rings. The summed E-state index contributed by atoms with van der Waals surface area (Å²) in [6, 6.07) is 6.65. The highest BCUT2D eigenvalue weighted by atomic mass is 32.2. The number of carbonyl (C=O) groups excluding carboxylic acids is 3. The van der Waals surface area contributed by atoms with Crippen LogP contribution in [0.3, 0.4) is 0 Å². The predicted molar refractivity (Wildman–Crippen MR) is 90.1 cm³/mol. The minimum Gasteiger partial charge on any atom is -0.466 e. The number of nitrogens with two attached hydrogens (primary N) is 1. The van der Waals surface area contributed by atoms with Gasteiger partial charge in [-0.2, -0.15) is 0 Å². The van der Waals surface area contributed by atoms with Gasteiger partial charge < -0.3 is 15.8 Å². The SMILES string of the molecule is CCOC(=O)CCC(=O)N[C@@H](CCS(=O)(=O)c1ccccc1)C(N)=O. The second-order valence-electron chi connectivity index (χ2n) is 5.25. The Labute approximate surface area is 146 Å². The fraction of sp³-hybridized carbons (Fsp3) is 0.438. The molecule has 8 nitrogen and oxygen atoms in total. The molecule has 9 heteroatoms. The summed E-state index contributed by atoms with van der Waals surface area (Å²) in [6.45, 7) is 1.86. The molecule has 2 amide bonds. The fourth-order valence-corrected chi connectivity index (χ4v) is 3.37. The quantitative estimate of drug-likeness (QED) is 0.564. The number of ether oxygens (including phenoxy) is 1. The molecule has 0 fully saturated rings. The van der Waals surface area contributed by atoms with Gasteiger partial charge >= 0.3 is 5.97 Å². The van der Waals surface area contributed by atoms with Crippen LogP contribution in [0.25, 0.3) is 0 Å². The Hall–Kier alpha value is -2.42. The van der Waals surface area contributed by atoms with E-state index in [1.54, 1.807) is 25.1 Å². The molecule has 1 atom stereocenters. The molecule has 0 aromatic heterocycles. The number of hydrogen-bond acceptors (Lipinski definition) is 6. The van der Waals surface area contributed by atoms with Crippen LogP contribution in [0.1, 0.15) is 26.2 Å². The molecule has 25 heavy (non-hydrogen) atoms. The fourth-order valence-electron chi connectivity index (χ4n) is 2.02. The maximum absolute atomic E-state index is 12.2. The summed E-state index contributed by atoms with van der Waals surface area (Å²) in [5.74, 6) is -2.29. The van der Waals surface area contributed by atoms with Crippen molar-refractivity contribution in [3.05, 3.63) is 30.3 Å². The molecule has 0 bridgehead atoms. The normalized spacial score (nSPS) is 12.2. The molecule has 0 saturated heterocycles. The lowest BCUT2D eigenvalue weighted by molar-refractivity contribution is -0.144. The van der Waals surface area contributed by atoms with Crippen molar-refractivity contribution in [2.45, 2.75) is 37.1 Å². The third kappa shape index (κ3) is 7.34. The Balaban J connectivity index is 2.59. The van der Waals surface area contributed by atoms with Crippen molar-refractivity contribution in [2.75, 3.05) is 12.4 Å². The van der Waals surface area contributed by atoms with Crippen LogP contribution in [0, 0.1) is 0 Å². The molecule has 0 saturated carbocycles. The number of benzene rings is 1. The number of sulfone groups is 1. The van der Waals surface area contributed by atoms with Gasteiger partial charge in [-0.3, -0.25) is 14.4 Å². The third-order valence-corrected chi connectivity index (χ3v) is 5.08. The smallest absolute Gasteiger partial charge is 0.306 e. The highest BCUT2D eigenvalue weighted by Crippen LogP contribution is 2.12. The Morgan fingerprint density at radius 3 is 2.36 bits per heavy atom. The van der Waals surface area contributed by atoms with Crippen molar-refractivity contribution in [2.24, 2.45) is 5.73 Å². The van der Waals surface area contributed by atoms with Crippen LogP contribution < -0.4 is 11.1 Å². The first-order chi connectivity index (χ1) is 11.8. The van der Waals surface area contributed by atoms with E-state index in [-0.39, 0.29) is 36.5 Å². The molecule has 0 unspecified atom stereocenters. The van der Waals surface area contributed by atoms with Crippen LogP contribution in [0.4, 0.5) is 0 Å². The summed E-state index contributed by atoms with van der Waals surface area (Å²) < 4.78 is 29.1. The van der Waals surface area contributed by atoms with E-state index in [1.165, 1.54) is 12.1 Å². The highest BCUT2D eigenvalue weighted by Gasteiger charge is 2.23. The largest absolute Gasteiger partial charge is 0.466 e. The van der Waals surface area contributed by atoms with E-state index in [4.69, 9.17) is 10.5 Å². The van der Waals surface area contributed by atoms with Gasteiger partial charge in [0.25, 0.3) is 0 Å². The molecule has 0 aliphatic heterocycles. The first-order valence-electron chi connectivity index (χ1n) is 7.78. The van der Waals surface area contributed by atoms with Gasteiger partial charge in [0.2, 0.25) is 11.8 Å². The van der Waals surface area contributed by atoms with Crippen LogP contribution >= 0.6 is 0 Å². The Kier molecular flexibility index (Phi) is 8.06. The lowest BCUT2D eigenvalue weighted by Crippen LogP contribution is -2.45. The van der Waals surface area contributed by atoms with E-state index < -0.39 is 33.7 Å². The summed E-state index contributed by atoms with van der Waals surface area (Å²) in [5.41, 5.74) is 5.22. The second-order valence-corrected chi connectivity index (χ2v) is 7.36. The van der Waals surface area contributed by atoms with Gasteiger partial charge in [-0.1, -0.05) is 18.2 Å². The number of esters is 1. The summed E-state index contributed by atoms with van der Waals surface area (Å²) in [5, 5.41) is 2.35. The summed E-state index contributed by atoms with van der Waals surface area (Å²) >= 11 is 0. The van der Waals surface area contributed by atoms with Crippen LogP contribution in [0.2, 0.25) is 0 Å². The van der Waals surface area contributed by atoms with Crippen molar-refractivity contribution in [1.82, 2.24) is 5.32 Å². The van der Waals surface area contributed by atoms with E-state index >= 15 is 0 Å². The van der Waals surface area contributed by atoms with E-state index in [0.29, 0.717) is 0 Å². The maximum atomic E-state index is 12.2. The molecule has 1 rings (SSSR count). The van der Waals surface area contributed by atoms with Gasteiger partial charge in [-0.25, -0.2) is 8.42 Å². The number of carbonyl (C=O) groups is 3. The van der Waals surface area contributed by atoms with Crippen molar-refractivity contribution < 1.29 is 27.5 Å². The van der Waals surface area contributed by atoms with Gasteiger partial charge in [0.1, 0.15) is 6.04 Å². The number of amides is 2. The first kappa shape index (κ1) is 20.6. The highest BCUT2D eigenvalue weighted by molar-refractivity contribution is 7.91. The van der Waals surface area contributed by atoms with Gasteiger partial charge in [-0.15, -0.1) is 0 Å². The molecular formula is C16H22N2O6S. The predicted octanol–water partition coefficient (Wildman–Crippen LogP) is 0.164. The Morgan fingerprint density at radius 1 is 1.16 bits per heavy atom. The summed E-state index contributed by atoms with van der Waals surface area (Å²) in [7, 11) is -3.59. The molecule has 138 valence electrons. The van der Waals surface area contributed by atoms with Crippen molar-refractivity contribution in [3.8, 4) is 0 Å². The van der Waals surface area contributed by atoms with Crippen molar-refractivity contribution >= 4 is 27.6 Å². The topological polar surface area (TPSA) is 133 Å². The minimum absolute atomic E-state index is 0.131. The lowest BCUT2D eigenvalue weighted by atomic mass is 10.2. The standard InChI is InChI=1S/C16H22N2O6S/c1-2-24-15(20)9-8-14(19)18-13(16(17)21)10-11-25(22,23)12-6-4-3-5-7-12/h3-7,13H,2,8-11H2,1H3,(H2,17,21)(H,18,19)/t13-/m0/s1. The number of hydrogen-bond donors (Lipinski definition) is 2. The molecule has 3 N–H and O–H groups in total. The molecule has 0 aliphatic carbocycles. The molecule has 0 spiro atoms. The van der Waals surface area contributed by atoms with Gasteiger partial charge in [0.15, 0.2) is 9.84 Å². The minimum atomic E-state index is -3.59. The zero-order valence-corrected chi connectivity index (χ0v) is 14.8. The van der Waals surface area contributed by atoms with Crippen LogP contribution in [0.5, 0.6) is 0 Å². The second kappa shape index (κ2) is 9.77. The Morgan fingerprint density at radius 2 is 1.80 bits per heavy atom. The molecule has 0 heterocycles. The van der Waals surface area contributed by atoms with Crippen LogP contribution in [0.15, 0.2) is 35.2 Å². The zero-order chi connectivity index (χ0) is 18.9. The molecule has 1 aromatic rings. The van der Waals surface area contributed by atoms with Crippen molar-refractivity contribution in [3.63, 3.8) is 0 Å². The maximum Gasteiger partial charge on any atom is 0.306 e. The zero-order valence-electron chi connectivity index (χ0n) is 13.9. The Bertz CT molecular complexity index is 703. The number of nitrogens with one attached hydrogen (secondary N) is 1. The van der Waals surface area contributed by atoms with Gasteiger partial charge in [-0.05, 0) is 25.5 Å². The monoisotopic (exact) mass is 370 g/mol. The van der Waals surface area contributed by atoms with Crippen LogP contribution in [-0.4, -0.2) is 44.6 Å². The molecule has 0 radical (unpaired) electrons.